The molecule has 1 N–H and O–H groups in total. The fraction of sp³-hybridized carbons (Fsp3) is 0.286. The topological polar surface area (TPSA) is 65.4 Å². The van der Waals surface area contributed by atoms with Crippen LogP contribution in [0.15, 0.2) is 54.6 Å². The third-order valence-electron chi connectivity index (χ3n) is 3.92. The van der Waals surface area contributed by atoms with Crippen molar-refractivity contribution in [2.45, 2.75) is 19.8 Å². The standard InChI is InChI=1S/C21H23N3O2S/c1-2-26-19-11-6-10-18(16-19)20(25)23-21(27)24(14-7-13-22)15-12-17-8-4-3-5-9-17/h3-6,8-11,16H,2,7,12,14-15H2,1H3,(H,23,25,27). The van der Waals surface area contributed by atoms with Gasteiger partial charge in [0.15, 0.2) is 5.11 Å². The first kappa shape index (κ1) is 20.4. The molecule has 1 amide bonds. The molecule has 0 fully saturated rings. The average Bonchev–Trinajstić information content (AvgIpc) is 2.69. The van der Waals surface area contributed by atoms with Crippen molar-refractivity contribution in [3.63, 3.8) is 0 Å². The van der Waals surface area contributed by atoms with E-state index in [-0.39, 0.29) is 5.91 Å². The third kappa shape index (κ3) is 6.72. The Morgan fingerprint density at radius 1 is 1.19 bits per heavy atom. The first-order valence-electron chi connectivity index (χ1n) is 8.88. The Labute approximate surface area is 165 Å². The van der Waals surface area contributed by atoms with Crippen LogP contribution in [-0.4, -0.2) is 35.6 Å². The summed E-state index contributed by atoms with van der Waals surface area (Å²) in [5.41, 5.74) is 1.66. The van der Waals surface area contributed by atoms with Crippen LogP contribution in [0.2, 0.25) is 0 Å². The van der Waals surface area contributed by atoms with E-state index in [0.717, 1.165) is 6.42 Å². The molecule has 0 aromatic heterocycles. The van der Waals surface area contributed by atoms with Gasteiger partial charge in [0.1, 0.15) is 5.75 Å². The number of hydrogen-bond donors (Lipinski definition) is 1. The van der Waals surface area contributed by atoms with Crippen molar-refractivity contribution in [1.82, 2.24) is 10.2 Å². The highest BCUT2D eigenvalue weighted by molar-refractivity contribution is 7.80. The summed E-state index contributed by atoms with van der Waals surface area (Å²) in [4.78, 5) is 14.4. The molecule has 0 saturated carbocycles. The van der Waals surface area contributed by atoms with E-state index in [1.807, 2.05) is 42.2 Å². The number of hydrogen-bond acceptors (Lipinski definition) is 4. The Morgan fingerprint density at radius 3 is 2.67 bits per heavy atom. The Morgan fingerprint density at radius 2 is 1.96 bits per heavy atom. The molecular weight excluding hydrogens is 358 g/mol. The number of nitrogens with one attached hydrogen (secondary N) is 1. The number of carbonyl (C=O) groups excluding carboxylic acids is 1. The second-order valence-corrected chi connectivity index (χ2v) is 6.24. The van der Waals surface area contributed by atoms with Gasteiger partial charge in [0.2, 0.25) is 0 Å². The fourth-order valence-corrected chi connectivity index (χ4v) is 2.83. The van der Waals surface area contributed by atoms with E-state index in [9.17, 15) is 4.79 Å². The van der Waals surface area contributed by atoms with Crippen LogP contribution < -0.4 is 10.1 Å². The summed E-state index contributed by atoms with van der Waals surface area (Å²) in [5.74, 6) is 0.352. The molecule has 0 bridgehead atoms. The van der Waals surface area contributed by atoms with Crippen LogP contribution in [0.3, 0.4) is 0 Å². The van der Waals surface area contributed by atoms with Crippen LogP contribution in [0.4, 0.5) is 0 Å². The minimum atomic E-state index is -0.289. The van der Waals surface area contributed by atoms with Gasteiger partial charge in [0.05, 0.1) is 19.1 Å². The molecule has 5 nitrogen and oxygen atoms in total. The molecule has 2 aromatic rings. The molecule has 140 valence electrons. The van der Waals surface area contributed by atoms with Gasteiger partial charge >= 0.3 is 0 Å². The molecule has 0 unspecified atom stereocenters. The van der Waals surface area contributed by atoms with Gasteiger partial charge in [-0.25, -0.2) is 0 Å². The molecule has 0 saturated heterocycles. The Hall–Kier alpha value is -2.91. The van der Waals surface area contributed by atoms with Crippen molar-refractivity contribution in [2.24, 2.45) is 0 Å². The average molecular weight is 382 g/mol. The summed E-state index contributed by atoms with van der Waals surface area (Å²) in [7, 11) is 0. The second kappa shape index (κ2) is 10.9. The molecule has 6 heteroatoms. The summed E-state index contributed by atoms with van der Waals surface area (Å²) >= 11 is 5.42. The molecule has 0 heterocycles. The highest BCUT2D eigenvalue weighted by Gasteiger charge is 2.14. The summed E-state index contributed by atoms with van der Waals surface area (Å²) in [6.45, 7) is 3.53. The van der Waals surface area contributed by atoms with Gasteiger partial charge < -0.3 is 9.64 Å². The van der Waals surface area contributed by atoms with Crippen LogP contribution in [0.25, 0.3) is 0 Å². The van der Waals surface area contributed by atoms with E-state index in [0.29, 0.717) is 42.5 Å². The van der Waals surface area contributed by atoms with Crippen LogP contribution >= 0.6 is 12.2 Å². The van der Waals surface area contributed by atoms with Crippen molar-refractivity contribution >= 4 is 23.2 Å². The van der Waals surface area contributed by atoms with Crippen molar-refractivity contribution in [2.75, 3.05) is 19.7 Å². The number of thiocarbonyl (C=S) groups is 1. The molecule has 0 atom stereocenters. The largest absolute Gasteiger partial charge is 0.494 e. The van der Waals surface area contributed by atoms with E-state index >= 15 is 0 Å². The van der Waals surface area contributed by atoms with Crippen LogP contribution in [0, 0.1) is 11.3 Å². The van der Waals surface area contributed by atoms with Gasteiger partial charge in [-0.05, 0) is 49.3 Å². The predicted molar refractivity (Wildman–Crippen MR) is 110 cm³/mol. The van der Waals surface area contributed by atoms with E-state index in [1.165, 1.54) is 5.56 Å². The molecule has 2 aromatic carbocycles. The van der Waals surface area contributed by atoms with Gasteiger partial charge in [-0.1, -0.05) is 36.4 Å². The zero-order chi connectivity index (χ0) is 19.5. The summed E-state index contributed by atoms with van der Waals surface area (Å²) in [5, 5.41) is 12.0. The summed E-state index contributed by atoms with van der Waals surface area (Å²) in [6, 6.07) is 19.1. The van der Waals surface area contributed by atoms with Gasteiger partial charge in [0, 0.05) is 18.7 Å². The Bertz CT molecular complexity index is 803. The van der Waals surface area contributed by atoms with Gasteiger partial charge in [-0.15, -0.1) is 0 Å². The minimum absolute atomic E-state index is 0.289. The Balaban J connectivity index is 2.00. The lowest BCUT2D eigenvalue weighted by atomic mass is 10.1. The number of amides is 1. The van der Waals surface area contributed by atoms with E-state index in [2.05, 4.69) is 11.4 Å². The molecular formula is C21H23N3O2S. The number of carbonyl (C=O) groups is 1. The Kier molecular flexibility index (Phi) is 8.27. The molecule has 0 aliphatic heterocycles. The monoisotopic (exact) mass is 381 g/mol. The second-order valence-electron chi connectivity index (χ2n) is 5.85. The van der Waals surface area contributed by atoms with Crippen LogP contribution in [0.1, 0.15) is 29.3 Å². The smallest absolute Gasteiger partial charge is 0.257 e. The molecule has 0 aliphatic rings. The number of benzene rings is 2. The maximum absolute atomic E-state index is 12.5. The maximum Gasteiger partial charge on any atom is 0.257 e. The van der Waals surface area contributed by atoms with Crippen molar-refractivity contribution < 1.29 is 9.53 Å². The van der Waals surface area contributed by atoms with Crippen molar-refractivity contribution in [1.29, 1.82) is 5.26 Å². The predicted octanol–water partition coefficient (Wildman–Crippen LogP) is 3.56. The molecule has 0 spiro atoms. The highest BCUT2D eigenvalue weighted by Crippen LogP contribution is 2.13. The molecule has 27 heavy (non-hydrogen) atoms. The maximum atomic E-state index is 12.5. The van der Waals surface area contributed by atoms with Crippen molar-refractivity contribution in [3.05, 3.63) is 65.7 Å². The molecule has 0 aliphatic carbocycles. The van der Waals surface area contributed by atoms with Crippen molar-refractivity contribution in [3.8, 4) is 11.8 Å². The van der Waals surface area contributed by atoms with E-state index < -0.39 is 0 Å². The molecule has 2 rings (SSSR count). The quantitative estimate of drug-likeness (QED) is 0.708. The van der Waals surface area contributed by atoms with Gasteiger partial charge in [-0.2, -0.15) is 5.26 Å². The summed E-state index contributed by atoms with van der Waals surface area (Å²) < 4.78 is 5.43. The first-order valence-corrected chi connectivity index (χ1v) is 9.29. The van der Waals surface area contributed by atoms with Crippen LogP contribution in [0.5, 0.6) is 5.75 Å². The van der Waals surface area contributed by atoms with E-state index in [4.69, 9.17) is 22.2 Å². The van der Waals surface area contributed by atoms with Gasteiger partial charge in [0.25, 0.3) is 5.91 Å². The first-order chi connectivity index (χ1) is 13.1. The summed E-state index contributed by atoms with van der Waals surface area (Å²) in [6.07, 6.45) is 1.12. The fourth-order valence-electron chi connectivity index (χ4n) is 2.55. The number of rotatable bonds is 8. The third-order valence-corrected chi connectivity index (χ3v) is 4.28. The minimum Gasteiger partial charge on any atom is -0.494 e. The number of ether oxygens (including phenoxy) is 1. The zero-order valence-electron chi connectivity index (χ0n) is 15.4. The number of nitrogens with zero attached hydrogens (tertiary/aromatic N) is 2. The molecule has 0 radical (unpaired) electrons. The normalized spacial score (nSPS) is 9.93. The van der Waals surface area contributed by atoms with Gasteiger partial charge in [-0.3, -0.25) is 10.1 Å². The highest BCUT2D eigenvalue weighted by atomic mass is 32.1. The lowest BCUT2D eigenvalue weighted by molar-refractivity contribution is 0.0973. The SMILES string of the molecule is CCOc1cccc(C(=O)NC(=S)N(CCC#N)CCc2ccccc2)c1. The van der Waals surface area contributed by atoms with Crippen LogP contribution in [-0.2, 0) is 6.42 Å². The lowest BCUT2D eigenvalue weighted by Gasteiger charge is -2.24. The number of nitriles is 1. The zero-order valence-corrected chi connectivity index (χ0v) is 16.2. The lowest BCUT2D eigenvalue weighted by Crippen LogP contribution is -2.44. The van der Waals surface area contributed by atoms with E-state index in [1.54, 1.807) is 24.3 Å².